The lowest BCUT2D eigenvalue weighted by Crippen LogP contribution is -2.36. The summed E-state index contributed by atoms with van der Waals surface area (Å²) in [6.45, 7) is 6.10. The fourth-order valence-corrected chi connectivity index (χ4v) is 3.54. The summed E-state index contributed by atoms with van der Waals surface area (Å²) in [5.41, 5.74) is 0.327. The van der Waals surface area contributed by atoms with Crippen molar-refractivity contribution < 1.29 is 14.3 Å². The molecular weight excluding hydrogens is 384 g/mol. The molecular formula is C20H25ClN2O3S. The molecule has 0 bridgehead atoms. The number of likely N-dealkylation sites (N-methyl/N-ethyl adjacent to an activating group) is 1. The number of nitrogens with zero attached hydrogens (tertiary/aromatic N) is 2. The Balaban J connectivity index is 1.89. The van der Waals surface area contributed by atoms with Gasteiger partial charge in [0.15, 0.2) is 6.61 Å². The lowest BCUT2D eigenvalue weighted by atomic mass is 9.95. The molecule has 0 aliphatic heterocycles. The molecule has 5 nitrogen and oxygen atoms in total. The molecule has 0 atom stereocenters. The monoisotopic (exact) mass is 408 g/mol. The van der Waals surface area contributed by atoms with Gasteiger partial charge in [-0.3, -0.25) is 9.59 Å². The highest BCUT2D eigenvalue weighted by atomic mass is 35.5. The van der Waals surface area contributed by atoms with Crippen molar-refractivity contribution in [2.75, 3.05) is 25.6 Å². The van der Waals surface area contributed by atoms with E-state index in [1.165, 1.54) is 11.3 Å². The van der Waals surface area contributed by atoms with Gasteiger partial charge in [0.2, 0.25) is 5.91 Å². The largest absolute Gasteiger partial charge is 0.484 e. The average molecular weight is 409 g/mol. The third-order valence-electron chi connectivity index (χ3n) is 3.98. The van der Waals surface area contributed by atoms with Crippen LogP contribution in [0.25, 0.3) is 0 Å². The first kappa shape index (κ1) is 21.3. The quantitative estimate of drug-likeness (QED) is 0.709. The van der Waals surface area contributed by atoms with Gasteiger partial charge < -0.3 is 14.5 Å². The highest BCUT2D eigenvalue weighted by molar-refractivity contribution is 7.16. The molecule has 0 spiro atoms. The first-order chi connectivity index (χ1) is 12.6. The van der Waals surface area contributed by atoms with Crippen molar-refractivity contribution in [2.45, 2.75) is 27.3 Å². The van der Waals surface area contributed by atoms with Crippen LogP contribution in [0.1, 0.15) is 25.6 Å². The number of hydrogen-bond donors (Lipinski definition) is 0. The highest BCUT2D eigenvalue weighted by Crippen LogP contribution is 2.24. The van der Waals surface area contributed by atoms with Gasteiger partial charge in [-0.2, -0.15) is 0 Å². The van der Waals surface area contributed by atoms with E-state index in [0.29, 0.717) is 16.6 Å². The van der Waals surface area contributed by atoms with E-state index in [-0.39, 0.29) is 18.4 Å². The number of hydrogen-bond acceptors (Lipinski definition) is 4. The second kappa shape index (κ2) is 8.76. The van der Waals surface area contributed by atoms with Crippen LogP contribution in [0.4, 0.5) is 5.69 Å². The minimum Gasteiger partial charge on any atom is -0.484 e. The van der Waals surface area contributed by atoms with Crippen LogP contribution in [0.2, 0.25) is 4.34 Å². The van der Waals surface area contributed by atoms with E-state index < -0.39 is 5.41 Å². The van der Waals surface area contributed by atoms with Crippen LogP contribution < -0.4 is 9.64 Å². The topological polar surface area (TPSA) is 49.9 Å². The molecule has 0 radical (unpaired) electrons. The van der Waals surface area contributed by atoms with Gasteiger partial charge in [0.05, 0.1) is 10.9 Å². The smallest absolute Gasteiger partial charge is 0.260 e. The normalized spacial score (nSPS) is 11.2. The predicted octanol–water partition coefficient (Wildman–Crippen LogP) is 4.45. The highest BCUT2D eigenvalue weighted by Gasteiger charge is 2.25. The number of ether oxygens (including phenoxy) is 1. The van der Waals surface area contributed by atoms with Gasteiger partial charge in [-0.15, -0.1) is 11.3 Å². The minimum atomic E-state index is -0.451. The van der Waals surface area contributed by atoms with Crippen LogP contribution in [0.5, 0.6) is 5.75 Å². The Morgan fingerprint density at radius 3 is 2.22 bits per heavy atom. The van der Waals surface area contributed by atoms with E-state index in [9.17, 15) is 9.59 Å². The third-order valence-corrected chi connectivity index (χ3v) is 5.20. The Labute approximate surface area is 169 Å². The Morgan fingerprint density at radius 2 is 1.70 bits per heavy atom. The van der Waals surface area contributed by atoms with Gasteiger partial charge in [-0.25, -0.2) is 0 Å². The number of carbonyl (C=O) groups excluding carboxylic acids is 2. The molecule has 2 rings (SSSR count). The van der Waals surface area contributed by atoms with Gasteiger partial charge in [0, 0.05) is 30.1 Å². The summed E-state index contributed by atoms with van der Waals surface area (Å²) in [6.07, 6.45) is 0. The molecule has 1 heterocycles. The number of amides is 2. The maximum absolute atomic E-state index is 12.3. The third kappa shape index (κ3) is 5.97. The fourth-order valence-electron chi connectivity index (χ4n) is 2.40. The minimum absolute atomic E-state index is 0.0293. The molecule has 1 aromatic heterocycles. The van der Waals surface area contributed by atoms with Crippen molar-refractivity contribution in [3.63, 3.8) is 0 Å². The summed E-state index contributed by atoms with van der Waals surface area (Å²) in [5.74, 6) is 0.488. The molecule has 0 N–H and O–H groups in total. The van der Waals surface area contributed by atoms with E-state index in [0.717, 1.165) is 10.6 Å². The maximum atomic E-state index is 12.3. The molecule has 0 fully saturated rings. The van der Waals surface area contributed by atoms with E-state index in [1.54, 1.807) is 48.2 Å². The van der Waals surface area contributed by atoms with E-state index >= 15 is 0 Å². The summed E-state index contributed by atoms with van der Waals surface area (Å²) in [7, 11) is 3.48. The zero-order valence-electron chi connectivity index (χ0n) is 16.3. The van der Waals surface area contributed by atoms with Crippen molar-refractivity contribution in [1.82, 2.24) is 4.90 Å². The number of rotatable bonds is 6. The lowest BCUT2D eigenvalue weighted by molar-refractivity contribution is -0.132. The number of benzene rings is 1. The van der Waals surface area contributed by atoms with Crippen LogP contribution in [-0.4, -0.2) is 37.4 Å². The molecule has 146 valence electrons. The van der Waals surface area contributed by atoms with Gasteiger partial charge in [-0.05, 0) is 36.4 Å². The SMILES string of the molecule is CN(Cc1ccc(Cl)s1)C(=O)COc1ccc(N(C)C(=O)C(C)(C)C)cc1. The summed E-state index contributed by atoms with van der Waals surface area (Å²) in [5, 5.41) is 0. The van der Waals surface area contributed by atoms with E-state index in [4.69, 9.17) is 16.3 Å². The van der Waals surface area contributed by atoms with Crippen LogP contribution in [0.3, 0.4) is 0 Å². The first-order valence-corrected chi connectivity index (χ1v) is 9.76. The molecule has 0 unspecified atom stereocenters. The summed E-state index contributed by atoms with van der Waals surface area (Å²) in [6, 6.07) is 10.9. The Morgan fingerprint density at radius 1 is 1.07 bits per heavy atom. The molecule has 0 saturated heterocycles. The van der Waals surface area contributed by atoms with Gasteiger partial charge >= 0.3 is 0 Å². The zero-order chi connectivity index (χ0) is 20.2. The fraction of sp³-hybridized carbons (Fsp3) is 0.400. The predicted molar refractivity (Wildman–Crippen MR) is 111 cm³/mol. The average Bonchev–Trinajstić information content (AvgIpc) is 3.02. The van der Waals surface area contributed by atoms with Gasteiger partial charge in [0.1, 0.15) is 5.75 Å². The molecule has 1 aromatic carbocycles. The second-order valence-corrected chi connectivity index (χ2v) is 9.15. The summed E-state index contributed by atoms with van der Waals surface area (Å²) in [4.78, 5) is 28.8. The number of carbonyl (C=O) groups is 2. The van der Waals surface area contributed by atoms with Crippen molar-refractivity contribution >= 4 is 40.4 Å². The molecule has 2 aromatic rings. The van der Waals surface area contributed by atoms with Crippen molar-refractivity contribution in [2.24, 2.45) is 5.41 Å². The number of thiophene rings is 1. The van der Waals surface area contributed by atoms with E-state index in [2.05, 4.69) is 0 Å². The van der Waals surface area contributed by atoms with Crippen LogP contribution in [-0.2, 0) is 16.1 Å². The van der Waals surface area contributed by atoms with Crippen molar-refractivity contribution in [3.05, 3.63) is 45.6 Å². The second-order valence-electron chi connectivity index (χ2n) is 7.35. The van der Waals surface area contributed by atoms with Crippen molar-refractivity contribution in [1.29, 1.82) is 0 Å². The molecule has 27 heavy (non-hydrogen) atoms. The van der Waals surface area contributed by atoms with Crippen LogP contribution in [0.15, 0.2) is 36.4 Å². The molecule has 0 aliphatic rings. The van der Waals surface area contributed by atoms with Crippen molar-refractivity contribution in [3.8, 4) is 5.75 Å². The molecule has 2 amide bonds. The summed E-state index contributed by atoms with van der Waals surface area (Å²) >= 11 is 7.36. The van der Waals surface area contributed by atoms with Crippen LogP contribution >= 0.6 is 22.9 Å². The number of anilines is 1. The summed E-state index contributed by atoms with van der Waals surface area (Å²) < 4.78 is 6.28. The standard InChI is InChI=1S/C20H25ClN2O3S/c1-20(2,3)19(25)23(5)14-6-8-15(9-7-14)26-13-18(24)22(4)12-16-10-11-17(21)27-16/h6-11H,12-13H2,1-5H3. The van der Waals surface area contributed by atoms with E-state index in [1.807, 2.05) is 32.9 Å². The van der Waals surface area contributed by atoms with Gasteiger partial charge in [0.25, 0.3) is 5.91 Å². The lowest BCUT2D eigenvalue weighted by Gasteiger charge is -2.26. The van der Waals surface area contributed by atoms with Crippen LogP contribution in [0, 0.1) is 5.41 Å². The molecule has 0 aliphatic carbocycles. The Bertz CT molecular complexity index is 796. The number of halogens is 1. The maximum Gasteiger partial charge on any atom is 0.260 e. The first-order valence-electron chi connectivity index (χ1n) is 8.57. The Kier molecular flexibility index (Phi) is 6.89. The molecule has 0 saturated carbocycles. The van der Waals surface area contributed by atoms with Gasteiger partial charge in [-0.1, -0.05) is 32.4 Å². The Hall–Kier alpha value is -2.05. The zero-order valence-corrected chi connectivity index (χ0v) is 17.9. The molecule has 7 heteroatoms.